The summed E-state index contributed by atoms with van der Waals surface area (Å²) in [6.45, 7) is -0.470. The first kappa shape index (κ1) is 23.2. The first-order chi connectivity index (χ1) is 14.9. The molecule has 0 saturated heterocycles. The number of aliphatic hydroxyl groups is 2. The zero-order chi connectivity index (χ0) is 22.4. The highest BCUT2D eigenvalue weighted by Gasteiger charge is 2.41. The van der Waals surface area contributed by atoms with Crippen LogP contribution in [0.15, 0.2) is 65.7 Å². The molecule has 0 unspecified atom stereocenters. The molecule has 0 spiro atoms. The van der Waals surface area contributed by atoms with Crippen molar-refractivity contribution < 1.29 is 28.5 Å². The Hall–Kier alpha value is -2.45. The highest BCUT2D eigenvalue weighted by molar-refractivity contribution is 7.92. The molecule has 2 atom stereocenters. The van der Waals surface area contributed by atoms with Gasteiger partial charge in [-0.25, -0.2) is 8.42 Å². The molecule has 3 rings (SSSR count). The van der Waals surface area contributed by atoms with Crippen LogP contribution in [0.5, 0.6) is 5.75 Å². The Morgan fingerprint density at radius 1 is 1.16 bits per heavy atom. The molecule has 6 nitrogen and oxygen atoms in total. The lowest BCUT2D eigenvalue weighted by Crippen LogP contribution is -2.29. The number of para-hydroxylation sites is 1. The topological polar surface area (TPSA) is 104 Å². The van der Waals surface area contributed by atoms with Crippen LogP contribution < -0.4 is 0 Å². The van der Waals surface area contributed by atoms with Crippen molar-refractivity contribution in [1.29, 1.82) is 0 Å². The van der Waals surface area contributed by atoms with Crippen molar-refractivity contribution in [2.24, 2.45) is 0 Å². The molecule has 0 fully saturated rings. The summed E-state index contributed by atoms with van der Waals surface area (Å²) in [4.78, 5) is 0. The summed E-state index contributed by atoms with van der Waals surface area (Å²) in [6, 6.07) is 16.6. The molecule has 0 aromatic heterocycles. The summed E-state index contributed by atoms with van der Waals surface area (Å²) in [5, 5.41) is 29.7. The molecule has 2 aromatic rings. The van der Waals surface area contributed by atoms with Gasteiger partial charge in [0.15, 0.2) is 9.84 Å². The van der Waals surface area contributed by atoms with E-state index in [-0.39, 0.29) is 24.5 Å². The van der Waals surface area contributed by atoms with E-state index in [0.717, 1.165) is 11.1 Å². The molecule has 0 aliphatic carbocycles. The van der Waals surface area contributed by atoms with Gasteiger partial charge in [-0.1, -0.05) is 48.5 Å². The van der Waals surface area contributed by atoms with E-state index in [1.165, 1.54) is 7.11 Å². The van der Waals surface area contributed by atoms with E-state index in [1.807, 2.05) is 42.5 Å². The van der Waals surface area contributed by atoms with Gasteiger partial charge >= 0.3 is 0 Å². The molecule has 7 heteroatoms. The molecule has 1 aliphatic heterocycles. The summed E-state index contributed by atoms with van der Waals surface area (Å²) in [6.07, 6.45) is 1.55. The van der Waals surface area contributed by atoms with Crippen LogP contribution in [0.1, 0.15) is 24.0 Å². The van der Waals surface area contributed by atoms with Gasteiger partial charge in [-0.15, -0.1) is 0 Å². The predicted octanol–water partition coefficient (Wildman–Crippen LogP) is 2.81. The minimum atomic E-state index is -3.56. The van der Waals surface area contributed by atoms with E-state index in [0.29, 0.717) is 23.1 Å². The van der Waals surface area contributed by atoms with Gasteiger partial charge in [0.25, 0.3) is 0 Å². The summed E-state index contributed by atoms with van der Waals surface area (Å²) < 4.78 is 30.0. The van der Waals surface area contributed by atoms with Crippen LogP contribution in [0.2, 0.25) is 0 Å². The van der Waals surface area contributed by atoms with E-state index in [9.17, 15) is 23.7 Å². The maximum Gasteiger partial charge on any atom is 0.163 e. The lowest BCUT2D eigenvalue weighted by molar-refractivity contribution is 0.184. The number of ether oxygens (including phenoxy) is 1. The lowest BCUT2D eigenvalue weighted by Gasteiger charge is -2.20. The van der Waals surface area contributed by atoms with Crippen LogP contribution in [-0.2, 0) is 14.6 Å². The van der Waals surface area contributed by atoms with Crippen LogP contribution in [0.25, 0.3) is 11.6 Å². The molecule has 2 aromatic carbocycles. The molecule has 31 heavy (non-hydrogen) atoms. The smallest absolute Gasteiger partial charge is 0.163 e. The second-order valence-electron chi connectivity index (χ2n) is 7.62. The normalized spacial score (nSPS) is 19.6. The molecule has 0 amide bonds. The van der Waals surface area contributed by atoms with Gasteiger partial charge in [0, 0.05) is 12.7 Å². The number of benzene rings is 2. The van der Waals surface area contributed by atoms with E-state index < -0.39 is 27.8 Å². The number of sulfone groups is 1. The molecule has 166 valence electrons. The molecule has 0 radical (unpaired) electrons. The lowest BCUT2D eigenvalue weighted by atomic mass is 9.92. The minimum Gasteiger partial charge on any atom is -0.507 e. The third-order valence-corrected chi connectivity index (χ3v) is 7.53. The highest BCUT2D eigenvalue weighted by atomic mass is 32.2. The highest BCUT2D eigenvalue weighted by Crippen LogP contribution is 2.34. The maximum absolute atomic E-state index is 12.4. The van der Waals surface area contributed by atoms with Crippen molar-refractivity contribution in [3.63, 3.8) is 0 Å². The van der Waals surface area contributed by atoms with E-state index in [4.69, 9.17) is 4.74 Å². The Balaban J connectivity index is 1.89. The monoisotopic (exact) mass is 444 g/mol. The number of hydrogen-bond donors (Lipinski definition) is 3. The number of methoxy groups -OCH3 is 1. The second-order valence-corrected chi connectivity index (χ2v) is 9.80. The molecular formula is C24H28O6S. The van der Waals surface area contributed by atoms with Crippen molar-refractivity contribution in [2.75, 3.05) is 26.1 Å². The van der Waals surface area contributed by atoms with E-state index in [2.05, 4.69) is 0 Å². The molecule has 0 bridgehead atoms. The molecule has 0 saturated carbocycles. The summed E-state index contributed by atoms with van der Waals surface area (Å²) in [5.41, 5.74) is 3.37. The summed E-state index contributed by atoms with van der Waals surface area (Å²) in [7, 11) is -2.09. The van der Waals surface area contributed by atoms with Crippen LogP contribution in [-0.4, -0.2) is 61.2 Å². The summed E-state index contributed by atoms with van der Waals surface area (Å²) in [5.74, 6) is -0.0543. The van der Waals surface area contributed by atoms with Crippen LogP contribution in [0.4, 0.5) is 0 Å². The number of aliphatic hydroxyl groups excluding tert-OH is 2. The first-order valence-electron chi connectivity index (χ1n) is 10.1. The predicted molar refractivity (Wildman–Crippen MR) is 121 cm³/mol. The Kier molecular flexibility index (Phi) is 7.67. The maximum atomic E-state index is 12.4. The van der Waals surface area contributed by atoms with E-state index in [1.54, 1.807) is 18.2 Å². The van der Waals surface area contributed by atoms with Crippen molar-refractivity contribution >= 4 is 21.5 Å². The van der Waals surface area contributed by atoms with Gasteiger partial charge in [-0.05, 0) is 47.3 Å². The Bertz CT molecular complexity index is 1060. The Morgan fingerprint density at radius 2 is 1.84 bits per heavy atom. The van der Waals surface area contributed by atoms with Crippen LogP contribution in [0.3, 0.4) is 0 Å². The number of allylic oxidation sites excluding steroid dienone is 1. The quantitative estimate of drug-likeness (QED) is 0.406. The minimum absolute atomic E-state index is 0.0986. The molecule has 1 aliphatic rings. The Morgan fingerprint density at radius 3 is 2.48 bits per heavy atom. The number of phenolic OH excluding ortho intramolecular Hbond substituents is 1. The number of phenols is 1. The standard InChI is InChI=1S/C24H28O6S/c1-30-15-20-16-31(28,29)23(14-25)24(20)22(27)12-11-18(17-7-3-2-4-8-17)13-19-9-5-6-10-21(19)26/h2-10,13,22-23,25-27H,11-12,14-16H2,1H3/b18-13-/t22-,23+/m1/s1. The van der Waals surface area contributed by atoms with Crippen LogP contribution in [0, 0.1) is 0 Å². The largest absolute Gasteiger partial charge is 0.507 e. The summed E-state index contributed by atoms with van der Waals surface area (Å²) >= 11 is 0. The van der Waals surface area contributed by atoms with Crippen LogP contribution >= 0.6 is 0 Å². The van der Waals surface area contributed by atoms with Gasteiger partial charge in [0.2, 0.25) is 0 Å². The fraction of sp³-hybridized carbons (Fsp3) is 0.333. The zero-order valence-corrected chi connectivity index (χ0v) is 18.3. The SMILES string of the molecule is COCC1=C([C@H](O)CC/C(=C/c2ccccc2O)c2ccccc2)[C@H](CO)S(=O)(=O)C1. The fourth-order valence-electron chi connectivity index (χ4n) is 4.01. The van der Waals surface area contributed by atoms with Gasteiger partial charge in [-0.3, -0.25) is 0 Å². The van der Waals surface area contributed by atoms with Crippen molar-refractivity contribution in [1.82, 2.24) is 0 Å². The molecule has 1 heterocycles. The molecule has 3 N–H and O–H groups in total. The first-order valence-corrected chi connectivity index (χ1v) is 11.8. The van der Waals surface area contributed by atoms with E-state index >= 15 is 0 Å². The zero-order valence-electron chi connectivity index (χ0n) is 17.4. The number of rotatable bonds is 9. The van der Waals surface area contributed by atoms with Crippen molar-refractivity contribution in [3.05, 3.63) is 76.9 Å². The Labute approximate surface area is 183 Å². The van der Waals surface area contributed by atoms with Gasteiger partial charge in [0.05, 0.1) is 25.1 Å². The average Bonchev–Trinajstić information content (AvgIpc) is 3.02. The fourth-order valence-corrected chi connectivity index (χ4v) is 5.88. The molecular weight excluding hydrogens is 416 g/mol. The van der Waals surface area contributed by atoms with Gasteiger partial charge in [0.1, 0.15) is 11.0 Å². The second kappa shape index (κ2) is 10.2. The number of hydrogen-bond acceptors (Lipinski definition) is 6. The van der Waals surface area contributed by atoms with Gasteiger partial charge in [-0.2, -0.15) is 0 Å². The van der Waals surface area contributed by atoms with Crippen molar-refractivity contribution in [2.45, 2.75) is 24.2 Å². The third kappa shape index (κ3) is 5.43. The number of aromatic hydroxyl groups is 1. The van der Waals surface area contributed by atoms with Gasteiger partial charge < -0.3 is 20.1 Å². The average molecular weight is 445 g/mol. The third-order valence-electron chi connectivity index (χ3n) is 5.51. The van der Waals surface area contributed by atoms with Crippen molar-refractivity contribution in [3.8, 4) is 5.75 Å².